The summed E-state index contributed by atoms with van der Waals surface area (Å²) in [5.41, 5.74) is 2.36. The summed E-state index contributed by atoms with van der Waals surface area (Å²) in [4.78, 5) is 38.8. The van der Waals surface area contributed by atoms with Crippen molar-refractivity contribution in [3.8, 4) is 22.8 Å². The van der Waals surface area contributed by atoms with E-state index in [-0.39, 0.29) is 36.9 Å². The summed E-state index contributed by atoms with van der Waals surface area (Å²) >= 11 is 0. The predicted octanol–water partition coefficient (Wildman–Crippen LogP) is 1.82. The van der Waals surface area contributed by atoms with Crippen molar-refractivity contribution in [3.63, 3.8) is 0 Å². The number of aliphatic hydroxyl groups is 1. The molecule has 1 aliphatic heterocycles. The quantitative estimate of drug-likeness (QED) is 0.383. The minimum Gasteiger partial charge on any atom is -0.494 e. The van der Waals surface area contributed by atoms with Gasteiger partial charge in [0, 0.05) is 37.5 Å². The molecule has 38 heavy (non-hydrogen) atoms. The Balaban J connectivity index is 1.46. The summed E-state index contributed by atoms with van der Waals surface area (Å²) in [6, 6.07) is 2.15. The van der Waals surface area contributed by atoms with Crippen LogP contribution in [0.25, 0.3) is 22.3 Å². The molecule has 0 bridgehead atoms. The highest BCUT2D eigenvalue weighted by atomic mass is 19.1. The van der Waals surface area contributed by atoms with Crippen LogP contribution in [0, 0.1) is 18.7 Å². The normalized spacial score (nSPS) is 19.1. The largest absolute Gasteiger partial charge is 0.494 e. The number of aromatic amines is 1. The monoisotopic (exact) mass is 527 g/mol. The molecule has 3 heterocycles. The lowest BCUT2D eigenvalue weighted by Gasteiger charge is -2.16. The molecule has 0 radical (unpaired) electrons. The number of rotatable bonds is 9. The Morgan fingerprint density at radius 2 is 2.00 bits per heavy atom. The van der Waals surface area contributed by atoms with Crippen LogP contribution in [-0.2, 0) is 9.53 Å². The molecule has 3 N–H and O–H groups in total. The van der Waals surface area contributed by atoms with Crippen LogP contribution >= 0.6 is 0 Å². The molecule has 2 fully saturated rings. The maximum atomic E-state index is 14.8. The number of carbonyl (C=O) groups excluding carboxylic acids is 2. The highest BCUT2D eigenvalue weighted by Gasteiger charge is 2.36. The Bertz CT molecular complexity index is 1370. The average Bonchev–Trinajstić information content (AvgIpc) is 3.56. The summed E-state index contributed by atoms with van der Waals surface area (Å²) < 4.78 is 30.8. The van der Waals surface area contributed by atoms with Gasteiger partial charge in [0.05, 0.1) is 36.9 Å². The lowest BCUT2D eigenvalue weighted by atomic mass is 10.1. The second kappa shape index (κ2) is 10.5. The first-order valence-corrected chi connectivity index (χ1v) is 12.4. The fourth-order valence-corrected chi connectivity index (χ4v) is 4.68. The maximum Gasteiger partial charge on any atom is 0.255 e. The molecule has 2 amide bonds. The minimum atomic E-state index is -0.927. The number of benzene rings is 1. The van der Waals surface area contributed by atoms with Crippen LogP contribution < -0.4 is 14.8 Å². The Labute approximate surface area is 218 Å². The number of halogens is 1. The molecule has 0 spiro atoms. The van der Waals surface area contributed by atoms with Gasteiger partial charge in [-0.25, -0.2) is 14.4 Å². The number of nitrogens with zero attached hydrogens (tertiary/aromatic N) is 3. The molecular formula is C26H30FN5O6. The zero-order valence-corrected chi connectivity index (χ0v) is 21.4. The molecule has 3 aromatic rings. The van der Waals surface area contributed by atoms with Crippen LogP contribution in [0.1, 0.15) is 28.9 Å². The van der Waals surface area contributed by atoms with E-state index in [4.69, 9.17) is 14.2 Å². The SMILES string of the molecule is COCC(=O)N1C[C@H](O)[C@H](NC(=O)c2c(C)[nH]c3c(-c4cc(F)c(OC)cc4OCC4CC4)ncnc23)C1. The van der Waals surface area contributed by atoms with Gasteiger partial charge in [-0.3, -0.25) is 9.59 Å². The second-order valence-electron chi connectivity index (χ2n) is 9.69. The summed E-state index contributed by atoms with van der Waals surface area (Å²) in [7, 11) is 2.81. The number of fused-ring (bicyclic) bond motifs is 1. The Hall–Kier alpha value is -3.77. The number of nitrogens with one attached hydrogen (secondary N) is 2. The van der Waals surface area contributed by atoms with Crippen molar-refractivity contribution in [1.82, 2.24) is 25.2 Å². The topological polar surface area (TPSA) is 139 Å². The number of methoxy groups -OCH3 is 2. The zero-order chi connectivity index (χ0) is 27.0. The number of aromatic nitrogens is 3. The summed E-state index contributed by atoms with van der Waals surface area (Å²) in [6.45, 7) is 2.37. The van der Waals surface area contributed by atoms with Gasteiger partial charge in [0.15, 0.2) is 11.6 Å². The molecule has 0 unspecified atom stereocenters. The average molecular weight is 528 g/mol. The van der Waals surface area contributed by atoms with Gasteiger partial charge in [-0.1, -0.05) is 0 Å². The van der Waals surface area contributed by atoms with E-state index in [9.17, 15) is 19.1 Å². The van der Waals surface area contributed by atoms with Crippen LogP contribution in [0.15, 0.2) is 18.5 Å². The number of β-amino-alcohol motifs (C(OH)–C–C–N with tert-alkyl or cyclic N) is 1. The maximum absolute atomic E-state index is 14.8. The summed E-state index contributed by atoms with van der Waals surface area (Å²) in [5.74, 6) is -0.356. The Kier molecular flexibility index (Phi) is 7.17. The van der Waals surface area contributed by atoms with Crippen LogP contribution in [-0.4, -0.2) is 89.4 Å². The lowest BCUT2D eigenvalue weighted by molar-refractivity contribution is -0.134. The van der Waals surface area contributed by atoms with Crippen LogP contribution in [0.3, 0.4) is 0 Å². The number of hydrogen-bond acceptors (Lipinski definition) is 8. The zero-order valence-electron chi connectivity index (χ0n) is 21.4. The fraction of sp³-hybridized carbons (Fsp3) is 0.462. The molecule has 202 valence electrons. The first kappa shape index (κ1) is 25.9. The van der Waals surface area contributed by atoms with Crippen molar-refractivity contribution in [3.05, 3.63) is 35.5 Å². The van der Waals surface area contributed by atoms with Gasteiger partial charge in [0.1, 0.15) is 29.9 Å². The van der Waals surface area contributed by atoms with E-state index in [2.05, 4.69) is 20.3 Å². The highest BCUT2D eigenvalue weighted by Crippen LogP contribution is 2.39. The van der Waals surface area contributed by atoms with Crippen molar-refractivity contribution in [1.29, 1.82) is 0 Å². The number of carbonyl (C=O) groups is 2. The summed E-state index contributed by atoms with van der Waals surface area (Å²) in [5, 5.41) is 13.3. The number of ether oxygens (including phenoxy) is 3. The molecule has 12 heteroatoms. The fourth-order valence-electron chi connectivity index (χ4n) is 4.68. The van der Waals surface area contributed by atoms with Gasteiger partial charge >= 0.3 is 0 Å². The van der Waals surface area contributed by atoms with Crippen LogP contribution in [0.4, 0.5) is 4.39 Å². The molecule has 1 aromatic carbocycles. The molecule has 2 aliphatic rings. The van der Waals surface area contributed by atoms with E-state index in [1.54, 1.807) is 6.92 Å². The smallest absolute Gasteiger partial charge is 0.255 e. The van der Waals surface area contributed by atoms with E-state index >= 15 is 0 Å². The Morgan fingerprint density at radius 3 is 2.71 bits per heavy atom. The number of H-pyrrole nitrogens is 1. The summed E-state index contributed by atoms with van der Waals surface area (Å²) in [6.07, 6.45) is 2.56. The second-order valence-corrected chi connectivity index (χ2v) is 9.69. The van der Waals surface area contributed by atoms with Crippen LogP contribution in [0.5, 0.6) is 11.5 Å². The number of hydrogen-bond donors (Lipinski definition) is 3. The first-order chi connectivity index (χ1) is 18.3. The van der Waals surface area contributed by atoms with Gasteiger partial charge < -0.3 is 34.5 Å². The first-order valence-electron chi connectivity index (χ1n) is 12.4. The van der Waals surface area contributed by atoms with Crippen molar-refractivity contribution < 1.29 is 33.3 Å². The number of aryl methyl sites for hydroxylation is 1. The van der Waals surface area contributed by atoms with Crippen LogP contribution in [0.2, 0.25) is 0 Å². The molecule has 5 rings (SSSR count). The number of amides is 2. The third-order valence-corrected chi connectivity index (χ3v) is 6.91. The van der Waals surface area contributed by atoms with E-state index in [0.29, 0.717) is 46.3 Å². The molecule has 2 atom stereocenters. The van der Waals surface area contributed by atoms with Gasteiger partial charge in [-0.15, -0.1) is 0 Å². The minimum absolute atomic E-state index is 0.0562. The van der Waals surface area contributed by atoms with Gasteiger partial charge in [-0.05, 0) is 31.7 Å². The van der Waals surface area contributed by atoms with E-state index in [0.717, 1.165) is 12.8 Å². The highest BCUT2D eigenvalue weighted by molar-refractivity contribution is 6.09. The van der Waals surface area contributed by atoms with Crippen molar-refractivity contribution in [2.45, 2.75) is 31.9 Å². The third-order valence-electron chi connectivity index (χ3n) is 6.91. The molecule has 1 saturated carbocycles. The van der Waals surface area contributed by atoms with E-state index < -0.39 is 23.9 Å². The van der Waals surface area contributed by atoms with Crippen molar-refractivity contribution in [2.24, 2.45) is 5.92 Å². The predicted molar refractivity (Wildman–Crippen MR) is 135 cm³/mol. The molecule has 11 nitrogen and oxygen atoms in total. The lowest BCUT2D eigenvalue weighted by Crippen LogP contribution is -2.43. The molecule has 1 aliphatic carbocycles. The molecular weight excluding hydrogens is 497 g/mol. The van der Waals surface area contributed by atoms with E-state index in [1.165, 1.54) is 37.6 Å². The van der Waals surface area contributed by atoms with Gasteiger partial charge in [-0.2, -0.15) is 0 Å². The van der Waals surface area contributed by atoms with Gasteiger partial charge in [0.25, 0.3) is 5.91 Å². The van der Waals surface area contributed by atoms with E-state index in [1.807, 2.05) is 0 Å². The van der Waals surface area contributed by atoms with Crippen molar-refractivity contribution >= 4 is 22.8 Å². The number of aliphatic hydroxyl groups excluding tert-OH is 1. The molecule has 1 saturated heterocycles. The third kappa shape index (κ3) is 5.01. The standard InChI is InChI=1S/C26H30FN5O6/c1-13-22(26(35)31-17-8-32(9-18(17)33)21(34)11-36-2)24-25(30-13)23(28-12-29-24)15-6-16(27)20(37-3)7-19(15)38-10-14-4-5-14/h6-7,12,14,17-18,30,33H,4-5,8-11H2,1-3H3,(H,31,35)/t17-,18+/m1/s1. The molecule has 2 aromatic heterocycles. The van der Waals surface area contributed by atoms with Gasteiger partial charge in [0.2, 0.25) is 5.91 Å². The number of likely N-dealkylation sites (tertiary alicyclic amines) is 1. The Morgan fingerprint density at radius 1 is 1.21 bits per heavy atom. The van der Waals surface area contributed by atoms with Crippen molar-refractivity contribution in [2.75, 3.05) is 40.5 Å².